The fourth-order valence-electron chi connectivity index (χ4n) is 1.88. The first-order chi connectivity index (χ1) is 8.88. The summed E-state index contributed by atoms with van der Waals surface area (Å²) in [5.41, 5.74) is 6.48. The van der Waals surface area contributed by atoms with Gasteiger partial charge in [0.15, 0.2) is 0 Å². The van der Waals surface area contributed by atoms with E-state index in [0.717, 1.165) is 17.8 Å². The first-order valence-corrected chi connectivity index (χ1v) is 5.79. The zero-order valence-corrected chi connectivity index (χ0v) is 10.4. The van der Waals surface area contributed by atoms with Crippen LogP contribution in [0.25, 0.3) is 0 Å². The van der Waals surface area contributed by atoms with Crippen molar-refractivity contribution in [1.82, 2.24) is 9.55 Å². The molecule has 19 heavy (non-hydrogen) atoms. The van der Waals surface area contributed by atoms with E-state index in [2.05, 4.69) is 4.98 Å². The van der Waals surface area contributed by atoms with Gasteiger partial charge in [-0.3, -0.25) is 0 Å². The summed E-state index contributed by atoms with van der Waals surface area (Å²) in [4.78, 5) is 3.97. The third kappa shape index (κ3) is 3.14. The van der Waals surface area contributed by atoms with Crippen molar-refractivity contribution in [2.45, 2.75) is 25.7 Å². The van der Waals surface area contributed by atoms with Crippen LogP contribution in [0.2, 0.25) is 0 Å². The lowest BCUT2D eigenvalue weighted by Gasteiger charge is -2.12. The predicted octanol–water partition coefficient (Wildman–Crippen LogP) is 2.97. The molecule has 0 radical (unpaired) electrons. The Morgan fingerprint density at radius 2 is 2.11 bits per heavy atom. The third-order valence-corrected chi connectivity index (χ3v) is 2.82. The maximum Gasteiger partial charge on any atom is 0.416 e. The minimum Gasteiger partial charge on any atom is -0.329 e. The molecule has 0 aliphatic rings. The molecule has 0 bridgehead atoms. The van der Waals surface area contributed by atoms with Crippen LogP contribution in [0.4, 0.5) is 13.2 Å². The molecule has 1 aromatic heterocycles. The second kappa shape index (κ2) is 5.05. The molecule has 2 aromatic rings. The quantitative estimate of drug-likeness (QED) is 0.931. The van der Waals surface area contributed by atoms with Crippen molar-refractivity contribution in [2.75, 3.05) is 0 Å². The van der Waals surface area contributed by atoms with Gasteiger partial charge in [0, 0.05) is 18.8 Å². The summed E-state index contributed by atoms with van der Waals surface area (Å²) >= 11 is 0. The zero-order valence-electron chi connectivity index (χ0n) is 10.4. The van der Waals surface area contributed by atoms with Gasteiger partial charge < -0.3 is 10.3 Å². The molecular formula is C13H14F3N3. The molecule has 2 N–H and O–H groups in total. The van der Waals surface area contributed by atoms with Crippen molar-refractivity contribution < 1.29 is 13.2 Å². The van der Waals surface area contributed by atoms with Crippen molar-refractivity contribution in [2.24, 2.45) is 5.73 Å². The van der Waals surface area contributed by atoms with E-state index < -0.39 is 11.7 Å². The second-order valence-electron chi connectivity index (χ2n) is 4.43. The largest absolute Gasteiger partial charge is 0.416 e. The molecule has 0 fully saturated rings. The highest BCUT2D eigenvalue weighted by Crippen LogP contribution is 2.29. The predicted molar refractivity (Wildman–Crippen MR) is 65.4 cm³/mol. The Bertz CT molecular complexity index is 558. The fourth-order valence-corrected chi connectivity index (χ4v) is 1.88. The highest BCUT2D eigenvalue weighted by atomic mass is 19.4. The van der Waals surface area contributed by atoms with Crippen LogP contribution >= 0.6 is 0 Å². The van der Waals surface area contributed by atoms with Crippen LogP contribution in [0.5, 0.6) is 0 Å². The molecule has 1 atom stereocenters. The van der Waals surface area contributed by atoms with Crippen LogP contribution in [0.15, 0.2) is 36.8 Å². The SMILES string of the molecule is CC(N)c1cncn1Cc1cccc(C(F)(F)F)c1. The number of hydrogen-bond donors (Lipinski definition) is 1. The number of alkyl halides is 3. The van der Waals surface area contributed by atoms with Crippen LogP contribution in [0.3, 0.4) is 0 Å². The third-order valence-electron chi connectivity index (χ3n) is 2.82. The molecule has 0 saturated heterocycles. The number of imidazole rings is 1. The molecule has 102 valence electrons. The van der Waals surface area contributed by atoms with Gasteiger partial charge in [-0.2, -0.15) is 13.2 Å². The Morgan fingerprint density at radius 3 is 2.74 bits per heavy atom. The molecule has 0 aliphatic heterocycles. The van der Waals surface area contributed by atoms with Gasteiger partial charge in [-0.15, -0.1) is 0 Å². The first kappa shape index (κ1) is 13.6. The summed E-state index contributed by atoms with van der Waals surface area (Å²) in [7, 11) is 0. The fraction of sp³-hybridized carbons (Fsp3) is 0.308. The highest BCUT2D eigenvalue weighted by Gasteiger charge is 2.30. The minimum absolute atomic E-state index is 0.215. The Labute approximate surface area is 108 Å². The van der Waals surface area contributed by atoms with Gasteiger partial charge in [0.05, 0.1) is 17.6 Å². The number of nitrogens with two attached hydrogens (primary N) is 1. The van der Waals surface area contributed by atoms with Crippen molar-refractivity contribution in [3.63, 3.8) is 0 Å². The summed E-state index contributed by atoms with van der Waals surface area (Å²) in [5, 5.41) is 0. The van der Waals surface area contributed by atoms with Gasteiger partial charge in [0.2, 0.25) is 0 Å². The molecule has 0 amide bonds. The lowest BCUT2D eigenvalue weighted by atomic mass is 10.1. The van der Waals surface area contributed by atoms with Crippen molar-refractivity contribution >= 4 is 0 Å². The number of benzene rings is 1. The van der Waals surface area contributed by atoms with E-state index in [4.69, 9.17) is 5.73 Å². The number of halogens is 3. The van der Waals surface area contributed by atoms with E-state index in [1.807, 2.05) is 0 Å². The first-order valence-electron chi connectivity index (χ1n) is 5.79. The van der Waals surface area contributed by atoms with Crippen molar-refractivity contribution in [1.29, 1.82) is 0 Å². The number of hydrogen-bond acceptors (Lipinski definition) is 2. The van der Waals surface area contributed by atoms with Crippen LogP contribution in [0.1, 0.15) is 29.8 Å². The second-order valence-corrected chi connectivity index (χ2v) is 4.43. The van der Waals surface area contributed by atoms with Crippen molar-refractivity contribution in [3.8, 4) is 0 Å². The molecular weight excluding hydrogens is 255 g/mol. The van der Waals surface area contributed by atoms with E-state index in [1.165, 1.54) is 6.07 Å². The van der Waals surface area contributed by atoms with Crippen LogP contribution in [0, 0.1) is 0 Å². The van der Waals surface area contributed by atoms with Gasteiger partial charge in [0.1, 0.15) is 0 Å². The van der Waals surface area contributed by atoms with E-state index in [0.29, 0.717) is 12.1 Å². The Hall–Kier alpha value is -1.82. The van der Waals surface area contributed by atoms with Crippen LogP contribution in [-0.2, 0) is 12.7 Å². The molecule has 1 heterocycles. The number of aromatic nitrogens is 2. The minimum atomic E-state index is -4.32. The van der Waals surface area contributed by atoms with Gasteiger partial charge in [0.25, 0.3) is 0 Å². The number of nitrogens with zero attached hydrogens (tertiary/aromatic N) is 2. The molecule has 1 aromatic carbocycles. The molecule has 0 saturated carbocycles. The average Bonchev–Trinajstić information content (AvgIpc) is 2.76. The lowest BCUT2D eigenvalue weighted by molar-refractivity contribution is -0.137. The topological polar surface area (TPSA) is 43.8 Å². The summed E-state index contributed by atoms with van der Waals surface area (Å²) in [6.45, 7) is 2.13. The highest BCUT2D eigenvalue weighted by molar-refractivity contribution is 5.26. The lowest BCUT2D eigenvalue weighted by Crippen LogP contribution is -2.13. The van der Waals surface area contributed by atoms with E-state index in [1.54, 1.807) is 30.1 Å². The average molecular weight is 269 g/mol. The molecule has 0 spiro atoms. The normalized spacial score (nSPS) is 13.5. The molecule has 1 unspecified atom stereocenters. The van der Waals surface area contributed by atoms with E-state index >= 15 is 0 Å². The Morgan fingerprint density at radius 1 is 1.37 bits per heavy atom. The van der Waals surface area contributed by atoms with E-state index in [-0.39, 0.29) is 6.04 Å². The maximum atomic E-state index is 12.6. The smallest absolute Gasteiger partial charge is 0.329 e. The molecule has 0 aliphatic carbocycles. The van der Waals surface area contributed by atoms with Gasteiger partial charge in [-0.1, -0.05) is 12.1 Å². The maximum absolute atomic E-state index is 12.6. The number of rotatable bonds is 3. The standard InChI is InChI=1S/C13H14F3N3/c1-9(17)12-6-18-8-19(12)7-10-3-2-4-11(5-10)13(14,15)16/h2-6,8-9H,7,17H2,1H3. The summed E-state index contributed by atoms with van der Waals surface area (Å²) in [6.07, 6.45) is -1.13. The molecule has 6 heteroatoms. The summed E-state index contributed by atoms with van der Waals surface area (Å²) in [5.74, 6) is 0. The zero-order chi connectivity index (χ0) is 14.0. The Kier molecular flexibility index (Phi) is 3.61. The molecule has 2 rings (SSSR count). The van der Waals surface area contributed by atoms with Crippen molar-refractivity contribution in [3.05, 3.63) is 53.6 Å². The van der Waals surface area contributed by atoms with E-state index in [9.17, 15) is 13.2 Å². The molecule has 3 nitrogen and oxygen atoms in total. The summed E-state index contributed by atoms with van der Waals surface area (Å²) in [6, 6.07) is 5.05. The Balaban J connectivity index is 2.26. The summed E-state index contributed by atoms with van der Waals surface area (Å²) < 4.78 is 39.6. The van der Waals surface area contributed by atoms with Crippen LogP contribution < -0.4 is 5.73 Å². The van der Waals surface area contributed by atoms with Gasteiger partial charge >= 0.3 is 6.18 Å². The monoisotopic (exact) mass is 269 g/mol. The van der Waals surface area contributed by atoms with Gasteiger partial charge in [-0.25, -0.2) is 4.98 Å². The van der Waals surface area contributed by atoms with Gasteiger partial charge in [-0.05, 0) is 24.6 Å². The van der Waals surface area contributed by atoms with Crippen LogP contribution in [-0.4, -0.2) is 9.55 Å².